The molecule has 2 aromatic rings. The molecule has 1 fully saturated rings. The van der Waals surface area contributed by atoms with Crippen molar-refractivity contribution < 1.29 is 9.59 Å². The summed E-state index contributed by atoms with van der Waals surface area (Å²) in [5.74, 6) is -0.108. The van der Waals surface area contributed by atoms with Gasteiger partial charge in [0.15, 0.2) is 0 Å². The number of nitrogens with zero attached hydrogens (tertiary/aromatic N) is 2. The van der Waals surface area contributed by atoms with Gasteiger partial charge in [0.1, 0.15) is 6.04 Å². The van der Waals surface area contributed by atoms with Crippen molar-refractivity contribution in [2.45, 2.75) is 25.8 Å². The number of hydrogen-bond acceptors (Lipinski definition) is 3. The molecule has 1 aliphatic rings. The molecule has 5 heteroatoms. The summed E-state index contributed by atoms with van der Waals surface area (Å²) in [5.41, 5.74) is 0.551. The number of amides is 2. The van der Waals surface area contributed by atoms with E-state index in [1.54, 1.807) is 11.0 Å². The Balaban J connectivity index is 1.68. The van der Waals surface area contributed by atoms with Crippen LogP contribution in [0, 0.1) is 17.2 Å². The SMILES string of the molecule is CCC1C[C@@H](C#N)N(C(=O)CNC(=O)c2cccc3ccccc23)C1. The minimum absolute atomic E-state index is 0.0866. The highest BCUT2D eigenvalue weighted by Crippen LogP contribution is 2.25. The average Bonchev–Trinajstić information content (AvgIpc) is 3.09. The minimum Gasteiger partial charge on any atom is -0.343 e. The number of carbonyl (C=O) groups is 2. The van der Waals surface area contributed by atoms with Crippen molar-refractivity contribution in [3.8, 4) is 6.07 Å². The summed E-state index contributed by atoms with van der Waals surface area (Å²) in [6, 6.07) is 15.0. The van der Waals surface area contributed by atoms with Crippen molar-refractivity contribution in [1.82, 2.24) is 10.2 Å². The molecule has 0 bridgehead atoms. The highest BCUT2D eigenvalue weighted by Gasteiger charge is 2.34. The van der Waals surface area contributed by atoms with Gasteiger partial charge in [-0.25, -0.2) is 0 Å². The third-order valence-corrected chi connectivity index (χ3v) is 4.87. The fourth-order valence-corrected chi connectivity index (χ4v) is 3.39. The highest BCUT2D eigenvalue weighted by molar-refractivity contribution is 6.07. The minimum atomic E-state index is -0.382. The lowest BCUT2D eigenvalue weighted by Gasteiger charge is -2.20. The van der Waals surface area contributed by atoms with Crippen molar-refractivity contribution in [3.63, 3.8) is 0 Å². The van der Waals surface area contributed by atoms with Gasteiger partial charge in [-0.2, -0.15) is 5.26 Å². The number of fused-ring (bicyclic) bond motifs is 1. The van der Waals surface area contributed by atoms with Crippen LogP contribution in [0.4, 0.5) is 0 Å². The Bertz CT molecular complexity index is 835. The quantitative estimate of drug-likeness (QED) is 0.933. The summed E-state index contributed by atoms with van der Waals surface area (Å²) in [4.78, 5) is 26.5. The molecule has 0 radical (unpaired) electrons. The lowest BCUT2D eigenvalue weighted by molar-refractivity contribution is -0.130. The molecule has 25 heavy (non-hydrogen) atoms. The Labute approximate surface area is 147 Å². The third kappa shape index (κ3) is 3.48. The van der Waals surface area contributed by atoms with Gasteiger partial charge in [0.25, 0.3) is 5.91 Å². The second-order valence-corrected chi connectivity index (χ2v) is 6.41. The van der Waals surface area contributed by atoms with Gasteiger partial charge >= 0.3 is 0 Å². The zero-order valence-corrected chi connectivity index (χ0v) is 14.2. The van der Waals surface area contributed by atoms with Gasteiger partial charge in [-0.1, -0.05) is 49.7 Å². The van der Waals surface area contributed by atoms with E-state index in [1.165, 1.54) is 0 Å². The van der Waals surface area contributed by atoms with Crippen LogP contribution in [-0.2, 0) is 4.79 Å². The largest absolute Gasteiger partial charge is 0.343 e. The van der Waals surface area contributed by atoms with Gasteiger partial charge in [0.05, 0.1) is 12.6 Å². The van der Waals surface area contributed by atoms with Crippen molar-refractivity contribution in [2.24, 2.45) is 5.92 Å². The van der Waals surface area contributed by atoms with E-state index in [9.17, 15) is 14.9 Å². The van der Waals surface area contributed by atoms with Crippen molar-refractivity contribution in [1.29, 1.82) is 5.26 Å². The van der Waals surface area contributed by atoms with Gasteiger partial charge in [0, 0.05) is 12.1 Å². The predicted molar refractivity (Wildman–Crippen MR) is 95.8 cm³/mol. The molecule has 128 valence electrons. The van der Waals surface area contributed by atoms with E-state index < -0.39 is 0 Å². The zero-order chi connectivity index (χ0) is 17.8. The average molecular weight is 335 g/mol. The molecule has 0 aromatic heterocycles. The number of carbonyl (C=O) groups excluding carboxylic acids is 2. The van der Waals surface area contributed by atoms with Crippen molar-refractivity contribution in [3.05, 3.63) is 48.0 Å². The van der Waals surface area contributed by atoms with Gasteiger partial charge in [-0.05, 0) is 29.2 Å². The number of rotatable bonds is 4. The molecule has 1 unspecified atom stereocenters. The van der Waals surface area contributed by atoms with Gasteiger partial charge in [-0.3, -0.25) is 9.59 Å². The van der Waals surface area contributed by atoms with Crippen LogP contribution in [0.3, 0.4) is 0 Å². The van der Waals surface area contributed by atoms with Crippen LogP contribution in [0.1, 0.15) is 30.1 Å². The topological polar surface area (TPSA) is 73.2 Å². The maximum Gasteiger partial charge on any atom is 0.252 e. The number of nitrogens with one attached hydrogen (secondary N) is 1. The second kappa shape index (κ2) is 7.35. The Kier molecular flexibility index (Phi) is 4.99. The van der Waals surface area contributed by atoms with Crippen LogP contribution in [-0.4, -0.2) is 35.8 Å². The molecule has 2 aromatic carbocycles. The van der Waals surface area contributed by atoms with Crippen LogP contribution >= 0.6 is 0 Å². The first-order valence-corrected chi connectivity index (χ1v) is 8.59. The molecule has 2 amide bonds. The number of likely N-dealkylation sites (tertiary alicyclic amines) is 1. The van der Waals surface area contributed by atoms with E-state index in [4.69, 9.17) is 0 Å². The molecular weight excluding hydrogens is 314 g/mol. The maximum atomic E-state index is 12.5. The van der Waals surface area contributed by atoms with E-state index in [0.29, 0.717) is 18.0 Å². The van der Waals surface area contributed by atoms with E-state index in [0.717, 1.165) is 23.6 Å². The first kappa shape index (κ1) is 17.0. The molecule has 1 saturated heterocycles. The third-order valence-electron chi connectivity index (χ3n) is 4.87. The molecule has 0 saturated carbocycles. The van der Waals surface area contributed by atoms with E-state index in [1.807, 2.05) is 36.4 Å². The molecule has 3 rings (SSSR count). The Morgan fingerprint density at radius 2 is 2.00 bits per heavy atom. The molecule has 1 N–H and O–H groups in total. The molecular formula is C20H21N3O2. The zero-order valence-electron chi connectivity index (χ0n) is 14.2. The smallest absolute Gasteiger partial charge is 0.252 e. The monoisotopic (exact) mass is 335 g/mol. The summed E-state index contributed by atoms with van der Waals surface area (Å²) < 4.78 is 0. The van der Waals surface area contributed by atoms with Crippen LogP contribution in [0.5, 0.6) is 0 Å². The van der Waals surface area contributed by atoms with E-state index in [-0.39, 0.29) is 24.4 Å². The molecule has 0 spiro atoms. The molecule has 1 heterocycles. The number of hydrogen-bond donors (Lipinski definition) is 1. The normalized spacial score (nSPS) is 19.6. The summed E-state index contributed by atoms with van der Waals surface area (Å²) >= 11 is 0. The van der Waals surface area contributed by atoms with Gasteiger partial charge in [-0.15, -0.1) is 0 Å². The van der Waals surface area contributed by atoms with E-state index in [2.05, 4.69) is 18.3 Å². The lowest BCUT2D eigenvalue weighted by Crippen LogP contribution is -2.42. The second-order valence-electron chi connectivity index (χ2n) is 6.41. The summed E-state index contributed by atoms with van der Waals surface area (Å²) in [6.07, 6.45) is 1.67. The summed E-state index contributed by atoms with van der Waals surface area (Å²) in [5, 5.41) is 13.8. The van der Waals surface area contributed by atoms with Crippen LogP contribution < -0.4 is 5.32 Å². The van der Waals surface area contributed by atoms with Crippen LogP contribution in [0.25, 0.3) is 10.8 Å². The summed E-state index contributed by atoms with van der Waals surface area (Å²) in [6.45, 7) is 2.57. The van der Waals surface area contributed by atoms with Crippen molar-refractivity contribution >= 4 is 22.6 Å². The molecule has 1 aliphatic heterocycles. The molecule has 0 aliphatic carbocycles. The standard InChI is InChI=1S/C20H21N3O2/c1-2-14-10-16(11-21)23(13-14)19(24)12-22-20(25)18-9-5-7-15-6-3-4-8-17(15)18/h3-9,14,16H,2,10,12-13H2,1H3,(H,22,25)/t14?,16-/m0/s1. The Morgan fingerprint density at radius 3 is 2.76 bits per heavy atom. The summed E-state index contributed by atoms with van der Waals surface area (Å²) in [7, 11) is 0. The van der Waals surface area contributed by atoms with Crippen molar-refractivity contribution in [2.75, 3.05) is 13.1 Å². The highest BCUT2D eigenvalue weighted by atomic mass is 16.2. The molecule has 5 nitrogen and oxygen atoms in total. The Hall–Kier alpha value is -2.87. The maximum absolute atomic E-state index is 12.5. The van der Waals surface area contributed by atoms with E-state index >= 15 is 0 Å². The lowest BCUT2D eigenvalue weighted by atomic mass is 10.0. The van der Waals surface area contributed by atoms with Crippen LogP contribution in [0.15, 0.2) is 42.5 Å². The first-order valence-electron chi connectivity index (χ1n) is 8.59. The van der Waals surface area contributed by atoms with Gasteiger partial charge in [0.2, 0.25) is 5.91 Å². The number of benzene rings is 2. The Morgan fingerprint density at radius 1 is 1.24 bits per heavy atom. The predicted octanol–water partition coefficient (Wildman–Crippen LogP) is 2.72. The first-order chi connectivity index (χ1) is 12.1. The van der Waals surface area contributed by atoms with Gasteiger partial charge < -0.3 is 10.2 Å². The number of nitriles is 1. The molecule has 2 atom stereocenters. The van der Waals surface area contributed by atoms with Crippen LogP contribution in [0.2, 0.25) is 0 Å². The fraction of sp³-hybridized carbons (Fsp3) is 0.350. The fourth-order valence-electron chi connectivity index (χ4n) is 3.39.